The lowest BCUT2D eigenvalue weighted by atomic mass is 10.1. The number of nitrogens with zero attached hydrogens (tertiary/aromatic N) is 3. The lowest BCUT2D eigenvalue weighted by Crippen LogP contribution is -2.03. The fourth-order valence-corrected chi connectivity index (χ4v) is 3.84. The summed E-state index contributed by atoms with van der Waals surface area (Å²) >= 11 is 1.21. The van der Waals surface area contributed by atoms with Gasteiger partial charge in [-0.3, -0.25) is 10.1 Å². The number of nitro benzene ring substituents is 1. The highest BCUT2D eigenvalue weighted by atomic mass is 32.1. The van der Waals surface area contributed by atoms with Gasteiger partial charge in [-0.15, -0.1) is 11.3 Å². The van der Waals surface area contributed by atoms with Crippen LogP contribution in [0.1, 0.15) is 16.1 Å². The molecule has 2 aromatic carbocycles. The van der Waals surface area contributed by atoms with Crippen LogP contribution in [-0.4, -0.2) is 9.91 Å². The second kappa shape index (κ2) is 8.45. The number of nitro groups is 1. The average Bonchev–Trinajstić information content (AvgIpc) is 3.25. The van der Waals surface area contributed by atoms with Gasteiger partial charge in [0.1, 0.15) is 22.2 Å². The molecule has 2 heterocycles. The van der Waals surface area contributed by atoms with Gasteiger partial charge in [-0.05, 0) is 49.2 Å². The van der Waals surface area contributed by atoms with E-state index < -0.39 is 10.5 Å². The maximum absolute atomic E-state index is 12.4. The van der Waals surface area contributed by atoms with Crippen molar-refractivity contribution in [2.75, 3.05) is 5.32 Å². The molecule has 0 atom stereocenters. The van der Waals surface area contributed by atoms with Gasteiger partial charge in [0.25, 0.3) is 5.69 Å². The van der Waals surface area contributed by atoms with Gasteiger partial charge in [-0.2, -0.15) is 5.26 Å². The molecule has 0 radical (unpaired) electrons. The highest BCUT2D eigenvalue weighted by molar-refractivity contribution is 7.11. The third kappa shape index (κ3) is 4.12. The van der Waals surface area contributed by atoms with Crippen LogP contribution in [0.2, 0.25) is 0 Å². The van der Waals surface area contributed by atoms with Gasteiger partial charge in [-0.25, -0.2) is 9.78 Å². The normalized spacial score (nSPS) is 11.3. The van der Waals surface area contributed by atoms with E-state index in [2.05, 4.69) is 16.4 Å². The molecule has 0 spiro atoms. The van der Waals surface area contributed by atoms with Crippen molar-refractivity contribution in [2.45, 2.75) is 13.8 Å². The maximum atomic E-state index is 12.4. The Morgan fingerprint density at radius 1 is 1.22 bits per heavy atom. The Balaban J connectivity index is 1.67. The van der Waals surface area contributed by atoms with Gasteiger partial charge in [-0.1, -0.05) is 6.07 Å². The summed E-state index contributed by atoms with van der Waals surface area (Å²) in [4.78, 5) is 27.4. The van der Waals surface area contributed by atoms with E-state index in [4.69, 9.17) is 4.42 Å². The first-order valence-electron chi connectivity index (χ1n) is 9.48. The fraction of sp³-hybridized carbons (Fsp3) is 0.0870. The van der Waals surface area contributed by atoms with Crippen LogP contribution < -0.4 is 10.9 Å². The van der Waals surface area contributed by atoms with Gasteiger partial charge in [0.05, 0.1) is 16.2 Å². The fourth-order valence-electron chi connectivity index (χ4n) is 3.05. The molecule has 158 valence electrons. The molecule has 0 saturated heterocycles. The molecule has 0 fully saturated rings. The maximum Gasteiger partial charge on any atom is 0.345 e. The predicted octanol–water partition coefficient (Wildman–Crippen LogP) is 5.42. The van der Waals surface area contributed by atoms with Gasteiger partial charge in [0, 0.05) is 34.8 Å². The molecule has 0 amide bonds. The van der Waals surface area contributed by atoms with E-state index in [1.165, 1.54) is 41.2 Å². The zero-order chi connectivity index (χ0) is 22.8. The minimum absolute atomic E-state index is 0.108. The van der Waals surface area contributed by atoms with Crippen molar-refractivity contribution in [3.63, 3.8) is 0 Å². The Hall–Kier alpha value is -4.29. The van der Waals surface area contributed by atoms with Crippen molar-refractivity contribution < 1.29 is 9.34 Å². The first-order valence-corrected chi connectivity index (χ1v) is 10.4. The summed E-state index contributed by atoms with van der Waals surface area (Å²) in [6, 6.07) is 13.5. The predicted molar refractivity (Wildman–Crippen MR) is 123 cm³/mol. The number of rotatable bonds is 5. The Morgan fingerprint density at radius 2 is 2.03 bits per heavy atom. The molecular weight excluding hydrogens is 428 g/mol. The number of aryl methyl sites for hydroxylation is 2. The summed E-state index contributed by atoms with van der Waals surface area (Å²) in [5.74, 6) is 0. The average molecular weight is 444 g/mol. The number of nitriles is 1. The number of thiazole rings is 1. The summed E-state index contributed by atoms with van der Waals surface area (Å²) in [7, 11) is 0. The van der Waals surface area contributed by atoms with Crippen LogP contribution in [0.4, 0.5) is 11.4 Å². The van der Waals surface area contributed by atoms with Gasteiger partial charge in [0.15, 0.2) is 0 Å². The largest absolute Gasteiger partial charge is 0.422 e. The Morgan fingerprint density at radius 3 is 2.75 bits per heavy atom. The molecule has 0 saturated carbocycles. The van der Waals surface area contributed by atoms with Crippen molar-refractivity contribution in [1.82, 2.24) is 4.98 Å². The van der Waals surface area contributed by atoms with Crippen LogP contribution in [0.5, 0.6) is 0 Å². The standard InChI is InChI=1S/C23H16N4O4S/c1-13-3-4-17(7-14(13)2)25-11-16(10-24)22-26-20(12-32-22)19-9-15-8-18(27(29)30)5-6-21(15)31-23(19)28/h3-9,11-12,25H,1-2H3/b16-11-. The molecule has 4 aromatic rings. The summed E-state index contributed by atoms with van der Waals surface area (Å²) in [5, 5.41) is 26.2. The number of anilines is 1. The third-order valence-electron chi connectivity index (χ3n) is 4.95. The highest BCUT2D eigenvalue weighted by Gasteiger charge is 2.15. The molecular formula is C23H16N4O4S. The zero-order valence-corrected chi connectivity index (χ0v) is 17.9. The second-order valence-electron chi connectivity index (χ2n) is 7.08. The van der Waals surface area contributed by atoms with Gasteiger partial charge < -0.3 is 9.73 Å². The molecule has 2 aromatic heterocycles. The van der Waals surface area contributed by atoms with Crippen molar-refractivity contribution in [2.24, 2.45) is 0 Å². The molecule has 0 aliphatic heterocycles. The molecule has 8 nitrogen and oxygen atoms in total. The highest BCUT2D eigenvalue weighted by Crippen LogP contribution is 2.28. The molecule has 0 aliphatic carbocycles. The van der Waals surface area contributed by atoms with Crippen LogP contribution in [0.15, 0.2) is 63.3 Å². The number of non-ortho nitro benzene ring substituents is 1. The minimum atomic E-state index is -0.612. The molecule has 4 rings (SSSR count). The summed E-state index contributed by atoms with van der Waals surface area (Å²) < 4.78 is 5.30. The first-order chi connectivity index (χ1) is 15.4. The molecule has 0 unspecified atom stereocenters. The third-order valence-corrected chi connectivity index (χ3v) is 5.82. The lowest BCUT2D eigenvalue weighted by Gasteiger charge is -2.05. The van der Waals surface area contributed by atoms with E-state index in [-0.39, 0.29) is 16.8 Å². The summed E-state index contributed by atoms with van der Waals surface area (Å²) in [5.41, 5.74) is 3.47. The van der Waals surface area contributed by atoms with Gasteiger partial charge >= 0.3 is 5.63 Å². The minimum Gasteiger partial charge on any atom is -0.422 e. The van der Waals surface area contributed by atoms with Crippen LogP contribution >= 0.6 is 11.3 Å². The smallest absolute Gasteiger partial charge is 0.345 e. The Kier molecular flexibility index (Phi) is 5.54. The molecule has 32 heavy (non-hydrogen) atoms. The van der Waals surface area contributed by atoms with Crippen molar-refractivity contribution in [3.05, 3.63) is 90.7 Å². The molecule has 0 bridgehead atoms. The number of aromatic nitrogens is 1. The Labute approximate surface area is 186 Å². The monoisotopic (exact) mass is 444 g/mol. The zero-order valence-electron chi connectivity index (χ0n) is 17.1. The van der Waals surface area contributed by atoms with E-state index in [9.17, 15) is 20.2 Å². The van der Waals surface area contributed by atoms with Crippen LogP contribution in [0.3, 0.4) is 0 Å². The molecule has 0 aliphatic rings. The van der Waals surface area contributed by atoms with E-state index in [0.717, 1.165) is 11.3 Å². The lowest BCUT2D eigenvalue weighted by molar-refractivity contribution is -0.384. The summed E-state index contributed by atoms with van der Waals surface area (Å²) in [6.45, 7) is 4.03. The van der Waals surface area contributed by atoms with E-state index in [0.29, 0.717) is 21.7 Å². The SMILES string of the molecule is Cc1ccc(N/C=C(/C#N)c2nc(-c3cc4cc([N+](=O)[O-])ccc4oc3=O)cs2)cc1C. The number of hydrogen-bond donors (Lipinski definition) is 1. The number of nitrogens with one attached hydrogen (secondary N) is 1. The quantitative estimate of drug-likeness (QED) is 0.189. The molecule has 1 N–H and O–H groups in total. The van der Waals surface area contributed by atoms with Crippen LogP contribution in [0.25, 0.3) is 27.8 Å². The topological polar surface area (TPSA) is 122 Å². The molecule has 9 heteroatoms. The van der Waals surface area contributed by atoms with Crippen molar-refractivity contribution in [3.8, 4) is 17.3 Å². The second-order valence-corrected chi connectivity index (χ2v) is 7.94. The van der Waals surface area contributed by atoms with Crippen LogP contribution in [0, 0.1) is 35.3 Å². The number of fused-ring (bicyclic) bond motifs is 1. The number of benzene rings is 2. The van der Waals surface area contributed by atoms with Gasteiger partial charge in [0.2, 0.25) is 0 Å². The van der Waals surface area contributed by atoms with E-state index >= 15 is 0 Å². The summed E-state index contributed by atoms with van der Waals surface area (Å²) in [6.07, 6.45) is 1.57. The number of allylic oxidation sites excluding steroid dienone is 1. The number of hydrogen-bond acceptors (Lipinski definition) is 8. The van der Waals surface area contributed by atoms with E-state index in [1.54, 1.807) is 11.6 Å². The Bertz CT molecular complexity index is 1490. The van der Waals surface area contributed by atoms with E-state index in [1.807, 2.05) is 32.0 Å². The van der Waals surface area contributed by atoms with Crippen molar-refractivity contribution >= 4 is 39.3 Å². The van der Waals surface area contributed by atoms with Crippen LogP contribution in [-0.2, 0) is 0 Å². The van der Waals surface area contributed by atoms with Crippen molar-refractivity contribution in [1.29, 1.82) is 5.26 Å². The first kappa shape index (κ1) is 21.0.